The second kappa shape index (κ2) is 8.57. The van der Waals surface area contributed by atoms with E-state index in [1.807, 2.05) is 18.2 Å². The van der Waals surface area contributed by atoms with Gasteiger partial charge in [-0.05, 0) is 25.1 Å². The predicted molar refractivity (Wildman–Crippen MR) is 71.2 cm³/mol. The SMILES string of the molecule is CCN(CC)CC(O)Cc1ccccc1.Cl. The quantitative estimate of drug-likeness (QED) is 0.829. The van der Waals surface area contributed by atoms with Gasteiger partial charge in [0.25, 0.3) is 0 Å². The first kappa shape index (κ1) is 15.4. The molecule has 2 nitrogen and oxygen atoms in total. The van der Waals surface area contributed by atoms with E-state index in [0.717, 1.165) is 26.1 Å². The first-order chi connectivity index (χ1) is 7.26. The number of aliphatic hydroxyl groups is 1. The summed E-state index contributed by atoms with van der Waals surface area (Å²) in [7, 11) is 0. The van der Waals surface area contributed by atoms with Crippen LogP contribution in [0.4, 0.5) is 0 Å². The number of benzene rings is 1. The lowest BCUT2D eigenvalue weighted by atomic mass is 10.1. The van der Waals surface area contributed by atoms with Gasteiger partial charge >= 0.3 is 0 Å². The van der Waals surface area contributed by atoms with Gasteiger partial charge in [-0.15, -0.1) is 12.4 Å². The van der Waals surface area contributed by atoms with Gasteiger partial charge in [-0.25, -0.2) is 0 Å². The molecule has 0 aromatic heterocycles. The molecule has 0 aliphatic heterocycles. The van der Waals surface area contributed by atoms with Gasteiger partial charge in [0.15, 0.2) is 0 Å². The Labute approximate surface area is 105 Å². The van der Waals surface area contributed by atoms with Crippen LogP contribution >= 0.6 is 12.4 Å². The van der Waals surface area contributed by atoms with E-state index in [-0.39, 0.29) is 18.5 Å². The summed E-state index contributed by atoms with van der Waals surface area (Å²) in [5.41, 5.74) is 1.21. The van der Waals surface area contributed by atoms with Gasteiger partial charge in [-0.3, -0.25) is 0 Å². The van der Waals surface area contributed by atoms with Crippen LogP contribution < -0.4 is 0 Å². The van der Waals surface area contributed by atoms with Crippen molar-refractivity contribution in [1.29, 1.82) is 0 Å². The molecule has 1 N–H and O–H groups in total. The number of likely N-dealkylation sites (N-methyl/N-ethyl adjacent to an activating group) is 1. The first-order valence-electron chi connectivity index (χ1n) is 5.70. The average Bonchev–Trinajstić information content (AvgIpc) is 2.27. The summed E-state index contributed by atoms with van der Waals surface area (Å²) in [5.74, 6) is 0. The summed E-state index contributed by atoms with van der Waals surface area (Å²) in [6, 6.07) is 10.1. The van der Waals surface area contributed by atoms with Crippen LogP contribution in [0.15, 0.2) is 30.3 Å². The topological polar surface area (TPSA) is 23.5 Å². The summed E-state index contributed by atoms with van der Waals surface area (Å²) < 4.78 is 0. The number of hydrogen-bond donors (Lipinski definition) is 1. The van der Waals surface area contributed by atoms with E-state index in [9.17, 15) is 5.11 Å². The van der Waals surface area contributed by atoms with E-state index in [2.05, 4.69) is 30.9 Å². The highest BCUT2D eigenvalue weighted by Crippen LogP contribution is 2.04. The lowest BCUT2D eigenvalue weighted by Gasteiger charge is -2.21. The fraction of sp³-hybridized carbons (Fsp3) is 0.538. The van der Waals surface area contributed by atoms with Crippen molar-refractivity contribution in [2.45, 2.75) is 26.4 Å². The number of rotatable bonds is 6. The Morgan fingerprint density at radius 3 is 2.19 bits per heavy atom. The molecular weight excluding hydrogens is 222 g/mol. The summed E-state index contributed by atoms with van der Waals surface area (Å²) in [5, 5.41) is 9.89. The number of aliphatic hydroxyl groups excluding tert-OH is 1. The Morgan fingerprint density at radius 1 is 1.12 bits per heavy atom. The Balaban J connectivity index is 0.00000225. The van der Waals surface area contributed by atoms with Crippen molar-refractivity contribution in [2.75, 3.05) is 19.6 Å². The molecule has 1 rings (SSSR count). The maximum Gasteiger partial charge on any atom is 0.0707 e. The van der Waals surface area contributed by atoms with Crippen molar-refractivity contribution >= 4 is 12.4 Å². The third-order valence-electron chi connectivity index (χ3n) is 2.68. The largest absolute Gasteiger partial charge is 0.391 e. The van der Waals surface area contributed by atoms with Crippen LogP contribution in [0.1, 0.15) is 19.4 Å². The van der Waals surface area contributed by atoms with Crippen LogP contribution in [-0.4, -0.2) is 35.7 Å². The van der Waals surface area contributed by atoms with Crippen LogP contribution in [0.2, 0.25) is 0 Å². The van der Waals surface area contributed by atoms with Gasteiger partial charge in [0.1, 0.15) is 0 Å². The standard InChI is InChI=1S/C13H21NO.ClH/c1-3-14(4-2)11-13(15)10-12-8-6-5-7-9-12;/h5-9,13,15H,3-4,10-11H2,1-2H3;1H. The van der Waals surface area contributed by atoms with E-state index in [1.165, 1.54) is 5.56 Å². The molecule has 0 amide bonds. The maximum atomic E-state index is 9.89. The molecule has 0 saturated heterocycles. The zero-order valence-corrected chi connectivity index (χ0v) is 10.9. The molecule has 1 aromatic rings. The fourth-order valence-corrected chi connectivity index (χ4v) is 1.73. The van der Waals surface area contributed by atoms with Gasteiger partial charge in [0.05, 0.1) is 6.10 Å². The van der Waals surface area contributed by atoms with Gasteiger partial charge < -0.3 is 10.0 Å². The molecule has 1 atom stereocenters. The van der Waals surface area contributed by atoms with E-state index in [4.69, 9.17) is 0 Å². The Kier molecular flexibility index (Phi) is 8.26. The molecule has 0 fully saturated rings. The third kappa shape index (κ3) is 5.50. The minimum atomic E-state index is -0.257. The molecule has 0 bridgehead atoms. The molecule has 0 aliphatic carbocycles. The van der Waals surface area contributed by atoms with Crippen molar-refractivity contribution in [3.63, 3.8) is 0 Å². The second-order valence-electron chi connectivity index (χ2n) is 3.83. The van der Waals surface area contributed by atoms with Crippen LogP contribution in [0.3, 0.4) is 0 Å². The molecule has 0 aliphatic rings. The molecule has 0 saturated carbocycles. The summed E-state index contributed by atoms with van der Waals surface area (Å²) in [6.45, 7) is 7.02. The van der Waals surface area contributed by atoms with Crippen molar-refractivity contribution in [3.8, 4) is 0 Å². The molecule has 1 unspecified atom stereocenters. The molecule has 92 valence electrons. The Bertz CT molecular complexity index is 262. The molecule has 0 heterocycles. The lowest BCUT2D eigenvalue weighted by molar-refractivity contribution is 0.118. The minimum Gasteiger partial charge on any atom is -0.391 e. The average molecular weight is 244 g/mol. The molecule has 16 heavy (non-hydrogen) atoms. The van der Waals surface area contributed by atoms with Crippen LogP contribution in [0.5, 0.6) is 0 Å². The van der Waals surface area contributed by atoms with E-state index >= 15 is 0 Å². The first-order valence-corrected chi connectivity index (χ1v) is 5.70. The molecule has 3 heteroatoms. The number of nitrogens with zero attached hydrogens (tertiary/aromatic N) is 1. The lowest BCUT2D eigenvalue weighted by Crippen LogP contribution is -2.33. The fourth-order valence-electron chi connectivity index (χ4n) is 1.73. The zero-order chi connectivity index (χ0) is 11.1. The molecule has 0 radical (unpaired) electrons. The van der Waals surface area contributed by atoms with Crippen molar-refractivity contribution in [2.24, 2.45) is 0 Å². The highest BCUT2D eigenvalue weighted by molar-refractivity contribution is 5.85. The van der Waals surface area contributed by atoms with Crippen LogP contribution in [-0.2, 0) is 6.42 Å². The highest BCUT2D eigenvalue weighted by atomic mass is 35.5. The van der Waals surface area contributed by atoms with Gasteiger partial charge in [0.2, 0.25) is 0 Å². The van der Waals surface area contributed by atoms with Gasteiger partial charge in [-0.1, -0.05) is 44.2 Å². The Hall–Kier alpha value is -0.570. The van der Waals surface area contributed by atoms with Gasteiger partial charge in [0, 0.05) is 6.54 Å². The summed E-state index contributed by atoms with van der Waals surface area (Å²) >= 11 is 0. The number of hydrogen-bond acceptors (Lipinski definition) is 2. The van der Waals surface area contributed by atoms with E-state index in [1.54, 1.807) is 0 Å². The maximum absolute atomic E-state index is 9.89. The monoisotopic (exact) mass is 243 g/mol. The zero-order valence-electron chi connectivity index (χ0n) is 10.1. The van der Waals surface area contributed by atoms with Crippen molar-refractivity contribution < 1.29 is 5.11 Å². The minimum absolute atomic E-state index is 0. The number of halogens is 1. The molecule has 0 spiro atoms. The second-order valence-corrected chi connectivity index (χ2v) is 3.83. The molecular formula is C13H22ClNO. The Morgan fingerprint density at radius 2 is 1.69 bits per heavy atom. The van der Waals surface area contributed by atoms with Crippen LogP contribution in [0.25, 0.3) is 0 Å². The van der Waals surface area contributed by atoms with E-state index < -0.39 is 0 Å². The van der Waals surface area contributed by atoms with Crippen molar-refractivity contribution in [1.82, 2.24) is 4.90 Å². The molecule has 1 aromatic carbocycles. The van der Waals surface area contributed by atoms with Crippen molar-refractivity contribution in [3.05, 3.63) is 35.9 Å². The summed E-state index contributed by atoms with van der Waals surface area (Å²) in [6.07, 6.45) is 0.490. The highest BCUT2D eigenvalue weighted by Gasteiger charge is 2.09. The van der Waals surface area contributed by atoms with E-state index in [0.29, 0.717) is 0 Å². The van der Waals surface area contributed by atoms with Gasteiger partial charge in [-0.2, -0.15) is 0 Å². The summed E-state index contributed by atoms with van der Waals surface area (Å²) in [4.78, 5) is 2.24. The smallest absolute Gasteiger partial charge is 0.0707 e. The third-order valence-corrected chi connectivity index (χ3v) is 2.68. The normalized spacial score (nSPS) is 12.2. The van der Waals surface area contributed by atoms with Crippen LogP contribution in [0, 0.1) is 0 Å². The predicted octanol–water partition coefficient (Wildman–Crippen LogP) is 2.35.